The number of hydrogen-bond acceptors (Lipinski definition) is 4. The van der Waals surface area contributed by atoms with Gasteiger partial charge in [0.1, 0.15) is 5.69 Å². The van der Waals surface area contributed by atoms with E-state index in [0.717, 1.165) is 12.3 Å². The highest BCUT2D eigenvalue weighted by Gasteiger charge is 2.30. The molecule has 0 bridgehead atoms. The smallest absolute Gasteiger partial charge is 0.383 e. The summed E-state index contributed by atoms with van der Waals surface area (Å²) in [5.74, 6) is 0.376. The maximum atomic E-state index is 12.5. The Morgan fingerprint density at radius 3 is 2.70 bits per heavy atom. The molecule has 108 valence electrons. The van der Waals surface area contributed by atoms with Crippen molar-refractivity contribution in [3.8, 4) is 11.5 Å². The molecule has 2 rings (SSSR count). The number of aromatic amines is 1. The molecular formula is C11H11F3N4OS. The van der Waals surface area contributed by atoms with Crippen molar-refractivity contribution in [2.75, 3.05) is 13.7 Å². The molecule has 0 spiro atoms. The van der Waals surface area contributed by atoms with Crippen LogP contribution in [0, 0.1) is 4.77 Å². The van der Waals surface area contributed by atoms with Crippen molar-refractivity contribution in [3.63, 3.8) is 0 Å². The Hall–Kier alpha value is -1.74. The van der Waals surface area contributed by atoms with Gasteiger partial charge in [0.2, 0.25) is 0 Å². The molecular weight excluding hydrogens is 293 g/mol. The largest absolute Gasteiger partial charge is 0.417 e. The van der Waals surface area contributed by atoms with E-state index in [1.807, 2.05) is 0 Å². The van der Waals surface area contributed by atoms with Crippen LogP contribution in [-0.2, 0) is 17.5 Å². The minimum absolute atomic E-state index is 0.307. The van der Waals surface area contributed by atoms with Gasteiger partial charge in [-0.3, -0.25) is 14.6 Å². The third-order valence-electron chi connectivity index (χ3n) is 2.60. The first-order chi connectivity index (χ1) is 9.43. The maximum Gasteiger partial charge on any atom is 0.417 e. The monoisotopic (exact) mass is 304 g/mol. The molecule has 5 nitrogen and oxygen atoms in total. The molecule has 0 aromatic carbocycles. The van der Waals surface area contributed by atoms with E-state index in [1.54, 1.807) is 11.7 Å². The second-order valence-electron chi connectivity index (χ2n) is 3.93. The first-order valence-electron chi connectivity index (χ1n) is 5.61. The third kappa shape index (κ3) is 3.05. The quantitative estimate of drug-likeness (QED) is 0.882. The maximum absolute atomic E-state index is 12.5. The molecule has 9 heteroatoms. The van der Waals surface area contributed by atoms with Crippen LogP contribution in [-0.4, -0.2) is 33.5 Å². The summed E-state index contributed by atoms with van der Waals surface area (Å²) in [6.45, 7) is 0.839. The molecule has 0 fully saturated rings. The Kier molecular flexibility index (Phi) is 4.19. The summed E-state index contributed by atoms with van der Waals surface area (Å²) in [5, 5.41) is 6.56. The van der Waals surface area contributed by atoms with Crippen LogP contribution in [0.5, 0.6) is 0 Å². The zero-order chi connectivity index (χ0) is 14.8. The van der Waals surface area contributed by atoms with Crippen molar-refractivity contribution in [2.24, 2.45) is 0 Å². The van der Waals surface area contributed by atoms with Gasteiger partial charge in [-0.1, -0.05) is 0 Å². The molecule has 0 radical (unpaired) electrons. The minimum Gasteiger partial charge on any atom is -0.383 e. The van der Waals surface area contributed by atoms with Gasteiger partial charge in [0.05, 0.1) is 18.7 Å². The summed E-state index contributed by atoms with van der Waals surface area (Å²) in [7, 11) is 1.54. The Bertz CT molecular complexity index is 632. The molecule has 0 saturated heterocycles. The molecule has 2 aromatic heterocycles. The fourth-order valence-corrected chi connectivity index (χ4v) is 1.82. The van der Waals surface area contributed by atoms with Crippen molar-refractivity contribution in [1.82, 2.24) is 19.7 Å². The van der Waals surface area contributed by atoms with Gasteiger partial charge in [0.15, 0.2) is 10.6 Å². The number of rotatable bonds is 4. The number of alkyl halides is 3. The number of halogens is 3. The molecule has 0 aliphatic carbocycles. The van der Waals surface area contributed by atoms with Crippen molar-refractivity contribution in [3.05, 3.63) is 28.7 Å². The van der Waals surface area contributed by atoms with Gasteiger partial charge < -0.3 is 4.74 Å². The van der Waals surface area contributed by atoms with E-state index in [0.29, 0.717) is 29.4 Å². The lowest BCUT2D eigenvalue weighted by atomic mass is 10.2. The lowest BCUT2D eigenvalue weighted by Crippen LogP contribution is -2.08. The van der Waals surface area contributed by atoms with Crippen LogP contribution in [0.1, 0.15) is 5.56 Å². The van der Waals surface area contributed by atoms with Crippen LogP contribution in [0.25, 0.3) is 11.5 Å². The fourth-order valence-electron chi connectivity index (χ4n) is 1.60. The molecule has 0 aliphatic rings. The Labute approximate surface area is 117 Å². The van der Waals surface area contributed by atoms with Crippen LogP contribution in [0.15, 0.2) is 18.3 Å². The van der Waals surface area contributed by atoms with Crippen LogP contribution in [0.3, 0.4) is 0 Å². The molecule has 2 heterocycles. The van der Waals surface area contributed by atoms with E-state index in [1.165, 1.54) is 6.07 Å². The zero-order valence-electron chi connectivity index (χ0n) is 10.4. The highest BCUT2D eigenvalue weighted by molar-refractivity contribution is 7.71. The van der Waals surface area contributed by atoms with Gasteiger partial charge in [0.25, 0.3) is 0 Å². The molecule has 1 N–H and O–H groups in total. The number of ether oxygens (including phenoxy) is 1. The van der Waals surface area contributed by atoms with E-state index in [2.05, 4.69) is 15.2 Å². The molecule has 0 unspecified atom stereocenters. The summed E-state index contributed by atoms with van der Waals surface area (Å²) in [5.41, 5.74) is -0.500. The topological polar surface area (TPSA) is 55.7 Å². The predicted octanol–water partition coefficient (Wildman–Crippen LogP) is 2.67. The Morgan fingerprint density at radius 1 is 1.40 bits per heavy atom. The molecule has 0 aliphatic heterocycles. The molecule has 2 aromatic rings. The van der Waals surface area contributed by atoms with Crippen LogP contribution < -0.4 is 0 Å². The minimum atomic E-state index is -4.41. The van der Waals surface area contributed by atoms with Crippen molar-refractivity contribution < 1.29 is 17.9 Å². The summed E-state index contributed by atoms with van der Waals surface area (Å²) >= 11 is 5.05. The van der Waals surface area contributed by atoms with Crippen LogP contribution >= 0.6 is 12.2 Å². The number of pyridine rings is 1. The molecule has 0 amide bonds. The van der Waals surface area contributed by atoms with Gasteiger partial charge in [-0.15, -0.1) is 0 Å². The molecule has 0 atom stereocenters. The molecule has 20 heavy (non-hydrogen) atoms. The summed E-state index contributed by atoms with van der Waals surface area (Å²) in [6.07, 6.45) is -3.64. The van der Waals surface area contributed by atoms with Crippen molar-refractivity contribution in [2.45, 2.75) is 12.7 Å². The highest BCUT2D eigenvalue weighted by Crippen LogP contribution is 2.29. The standard InChI is InChI=1S/C11H11F3N4OS/c1-19-5-4-18-9(16-17-10(18)20)8-3-2-7(6-15-8)11(12,13)14/h2-3,6H,4-5H2,1H3,(H,17,20). The number of nitrogens with zero attached hydrogens (tertiary/aromatic N) is 3. The van der Waals surface area contributed by atoms with Crippen LogP contribution in [0.2, 0.25) is 0 Å². The van der Waals surface area contributed by atoms with Gasteiger partial charge in [-0.25, -0.2) is 0 Å². The van der Waals surface area contributed by atoms with Gasteiger partial charge in [0, 0.05) is 13.3 Å². The lowest BCUT2D eigenvalue weighted by molar-refractivity contribution is -0.137. The van der Waals surface area contributed by atoms with Crippen molar-refractivity contribution >= 4 is 12.2 Å². The summed E-state index contributed by atoms with van der Waals surface area (Å²) in [4.78, 5) is 3.79. The van der Waals surface area contributed by atoms with Gasteiger partial charge in [-0.2, -0.15) is 18.3 Å². The first kappa shape index (κ1) is 14.7. The third-order valence-corrected chi connectivity index (χ3v) is 2.91. The van der Waals surface area contributed by atoms with Crippen molar-refractivity contribution in [1.29, 1.82) is 0 Å². The molecule has 0 saturated carbocycles. The number of hydrogen-bond donors (Lipinski definition) is 1. The predicted molar refractivity (Wildman–Crippen MR) is 67.5 cm³/mol. The average Bonchev–Trinajstić information content (AvgIpc) is 2.77. The normalized spacial score (nSPS) is 11.8. The van der Waals surface area contributed by atoms with Crippen LogP contribution in [0.4, 0.5) is 13.2 Å². The fraction of sp³-hybridized carbons (Fsp3) is 0.364. The van der Waals surface area contributed by atoms with E-state index >= 15 is 0 Å². The second kappa shape index (κ2) is 5.71. The SMILES string of the molecule is COCCn1c(-c2ccc(C(F)(F)F)cn2)n[nH]c1=S. The van der Waals surface area contributed by atoms with E-state index in [4.69, 9.17) is 17.0 Å². The lowest BCUT2D eigenvalue weighted by Gasteiger charge is -2.08. The average molecular weight is 304 g/mol. The van der Waals surface area contributed by atoms with E-state index in [9.17, 15) is 13.2 Å². The number of aromatic nitrogens is 4. The number of H-pyrrole nitrogens is 1. The summed E-state index contributed by atoms with van der Waals surface area (Å²) < 4.78 is 44.3. The van der Waals surface area contributed by atoms with Gasteiger partial charge in [-0.05, 0) is 24.4 Å². The van der Waals surface area contributed by atoms with E-state index in [-0.39, 0.29) is 0 Å². The Morgan fingerprint density at radius 2 is 2.15 bits per heavy atom. The summed E-state index contributed by atoms with van der Waals surface area (Å²) in [6, 6.07) is 2.22. The van der Waals surface area contributed by atoms with E-state index < -0.39 is 11.7 Å². The first-order valence-corrected chi connectivity index (χ1v) is 6.02. The second-order valence-corrected chi connectivity index (χ2v) is 4.31. The number of nitrogens with one attached hydrogen (secondary N) is 1. The zero-order valence-corrected chi connectivity index (χ0v) is 11.3. The highest BCUT2D eigenvalue weighted by atomic mass is 32.1. The van der Waals surface area contributed by atoms with Gasteiger partial charge >= 0.3 is 6.18 Å². The number of methoxy groups -OCH3 is 1. The Balaban J connectivity index is 2.35.